The molecule has 0 aliphatic carbocycles. The van der Waals surface area contributed by atoms with Gasteiger partial charge in [0.1, 0.15) is 5.82 Å². The number of piperidine rings is 1. The van der Waals surface area contributed by atoms with Crippen LogP contribution in [0, 0.1) is 11.7 Å². The van der Waals surface area contributed by atoms with E-state index in [4.69, 9.17) is 0 Å². The van der Waals surface area contributed by atoms with Gasteiger partial charge in [0, 0.05) is 18.5 Å². The Kier molecular flexibility index (Phi) is 4.68. The van der Waals surface area contributed by atoms with Gasteiger partial charge in [-0.2, -0.15) is 0 Å². The third-order valence-corrected chi connectivity index (χ3v) is 3.25. The van der Waals surface area contributed by atoms with Crippen molar-refractivity contribution < 1.29 is 14.0 Å². The van der Waals surface area contributed by atoms with E-state index in [1.54, 1.807) is 0 Å². The molecule has 3 N–H and O–H groups in total. The van der Waals surface area contributed by atoms with Crippen molar-refractivity contribution in [2.45, 2.75) is 19.8 Å². The predicted octanol–water partition coefficient (Wildman–Crippen LogP) is 1.72. The molecular formula is C14H18FN3O2. The van der Waals surface area contributed by atoms with Gasteiger partial charge in [0.25, 0.3) is 0 Å². The molecule has 0 spiro atoms. The minimum absolute atomic E-state index is 0.0970. The number of benzene rings is 1. The Hall–Kier alpha value is -1.95. The van der Waals surface area contributed by atoms with Crippen molar-refractivity contribution in [3.8, 4) is 0 Å². The number of carbonyl (C=O) groups is 2. The van der Waals surface area contributed by atoms with Gasteiger partial charge in [-0.05, 0) is 44.1 Å². The van der Waals surface area contributed by atoms with Gasteiger partial charge in [-0.1, -0.05) is 0 Å². The van der Waals surface area contributed by atoms with Crippen molar-refractivity contribution >= 4 is 23.2 Å². The molecule has 20 heavy (non-hydrogen) atoms. The monoisotopic (exact) mass is 279 g/mol. The first-order chi connectivity index (χ1) is 9.56. The van der Waals surface area contributed by atoms with Crippen LogP contribution in [-0.2, 0) is 9.59 Å². The lowest BCUT2D eigenvalue weighted by molar-refractivity contribution is -0.120. The topological polar surface area (TPSA) is 70.2 Å². The molecular weight excluding hydrogens is 261 g/mol. The van der Waals surface area contributed by atoms with Gasteiger partial charge in [0.15, 0.2) is 0 Å². The minimum Gasteiger partial charge on any atom is -0.326 e. The summed E-state index contributed by atoms with van der Waals surface area (Å²) in [6.07, 6.45) is 1.50. The summed E-state index contributed by atoms with van der Waals surface area (Å²) in [5.41, 5.74) is 0.555. The fourth-order valence-corrected chi connectivity index (χ4v) is 2.22. The van der Waals surface area contributed by atoms with Crippen LogP contribution in [0.1, 0.15) is 19.8 Å². The zero-order valence-electron chi connectivity index (χ0n) is 11.3. The molecule has 6 heteroatoms. The van der Waals surface area contributed by atoms with Crippen LogP contribution in [0.25, 0.3) is 0 Å². The Labute approximate surface area is 116 Å². The Morgan fingerprint density at radius 3 is 2.60 bits per heavy atom. The smallest absolute Gasteiger partial charge is 0.227 e. The number of rotatable bonds is 3. The highest BCUT2D eigenvalue weighted by atomic mass is 19.1. The number of halogens is 1. The number of nitrogens with one attached hydrogen (secondary N) is 3. The standard InChI is InChI=1S/C14H18FN3O2/c1-9(19)17-11-2-3-12(15)13(8-11)18-14(20)10-4-6-16-7-5-10/h2-3,8,10,16H,4-7H2,1H3,(H,17,19)(H,18,20). The predicted molar refractivity (Wildman–Crippen MR) is 74.9 cm³/mol. The molecule has 5 nitrogen and oxygen atoms in total. The molecule has 2 amide bonds. The van der Waals surface area contributed by atoms with E-state index in [9.17, 15) is 14.0 Å². The number of amides is 2. The molecule has 0 radical (unpaired) electrons. The molecule has 108 valence electrons. The van der Waals surface area contributed by atoms with Gasteiger partial charge in [-0.25, -0.2) is 4.39 Å². The second-order valence-corrected chi connectivity index (χ2v) is 4.89. The van der Waals surface area contributed by atoms with E-state index in [0.717, 1.165) is 25.9 Å². The van der Waals surface area contributed by atoms with E-state index in [0.29, 0.717) is 5.69 Å². The van der Waals surface area contributed by atoms with E-state index in [2.05, 4.69) is 16.0 Å². The van der Waals surface area contributed by atoms with Crippen LogP contribution >= 0.6 is 0 Å². The molecule has 1 aromatic carbocycles. The van der Waals surface area contributed by atoms with Crippen molar-refractivity contribution in [1.82, 2.24) is 5.32 Å². The van der Waals surface area contributed by atoms with Crippen LogP contribution in [0.3, 0.4) is 0 Å². The summed E-state index contributed by atoms with van der Waals surface area (Å²) in [5.74, 6) is -1.03. The van der Waals surface area contributed by atoms with Crippen molar-refractivity contribution in [2.24, 2.45) is 5.92 Å². The SMILES string of the molecule is CC(=O)Nc1ccc(F)c(NC(=O)C2CCNCC2)c1. The van der Waals surface area contributed by atoms with Crippen LogP contribution in [0.4, 0.5) is 15.8 Å². The van der Waals surface area contributed by atoms with Crippen LogP contribution in [0.5, 0.6) is 0 Å². The zero-order chi connectivity index (χ0) is 14.5. The molecule has 0 unspecified atom stereocenters. The van der Waals surface area contributed by atoms with Gasteiger partial charge < -0.3 is 16.0 Å². The summed E-state index contributed by atoms with van der Waals surface area (Å²) < 4.78 is 13.7. The molecule has 0 saturated carbocycles. The lowest BCUT2D eigenvalue weighted by Gasteiger charge is -2.22. The molecule has 1 fully saturated rings. The maximum Gasteiger partial charge on any atom is 0.227 e. The summed E-state index contributed by atoms with van der Waals surface area (Å²) in [5, 5.41) is 8.33. The minimum atomic E-state index is -0.513. The Morgan fingerprint density at radius 1 is 1.25 bits per heavy atom. The van der Waals surface area contributed by atoms with Gasteiger partial charge in [0.2, 0.25) is 11.8 Å². The quantitative estimate of drug-likeness (QED) is 0.789. The summed E-state index contributed by atoms with van der Waals surface area (Å²) in [6, 6.07) is 4.11. The maximum absolute atomic E-state index is 13.7. The fourth-order valence-electron chi connectivity index (χ4n) is 2.22. The molecule has 1 saturated heterocycles. The van der Waals surface area contributed by atoms with Crippen LogP contribution < -0.4 is 16.0 Å². The molecule has 1 aliphatic heterocycles. The van der Waals surface area contributed by atoms with E-state index >= 15 is 0 Å². The van der Waals surface area contributed by atoms with Crippen LogP contribution in [0.15, 0.2) is 18.2 Å². The van der Waals surface area contributed by atoms with Crippen molar-refractivity contribution in [1.29, 1.82) is 0 Å². The number of hydrogen-bond acceptors (Lipinski definition) is 3. The lowest BCUT2D eigenvalue weighted by Crippen LogP contribution is -2.34. The molecule has 0 atom stereocenters. The first-order valence-electron chi connectivity index (χ1n) is 6.65. The highest BCUT2D eigenvalue weighted by molar-refractivity contribution is 5.94. The van der Waals surface area contributed by atoms with Crippen molar-refractivity contribution in [3.05, 3.63) is 24.0 Å². The second-order valence-electron chi connectivity index (χ2n) is 4.89. The van der Waals surface area contributed by atoms with Gasteiger partial charge in [0.05, 0.1) is 5.69 Å². The molecule has 1 aliphatic rings. The average molecular weight is 279 g/mol. The zero-order valence-corrected chi connectivity index (χ0v) is 11.3. The van der Waals surface area contributed by atoms with Gasteiger partial charge in [-0.3, -0.25) is 9.59 Å². The van der Waals surface area contributed by atoms with E-state index in [-0.39, 0.29) is 23.4 Å². The van der Waals surface area contributed by atoms with Crippen LogP contribution in [-0.4, -0.2) is 24.9 Å². The highest BCUT2D eigenvalue weighted by Gasteiger charge is 2.21. The highest BCUT2D eigenvalue weighted by Crippen LogP contribution is 2.22. The Bertz CT molecular complexity index is 513. The third-order valence-electron chi connectivity index (χ3n) is 3.25. The normalized spacial score (nSPS) is 15.7. The van der Waals surface area contributed by atoms with Gasteiger partial charge >= 0.3 is 0 Å². The van der Waals surface area contributed by atoms with Gasteiger partial charge in [-0.15, -0.1) is 0 Å². The van der Waals surface area contributed by atoms with E-state index in [1.807, 2.05) is 0 Å². The first kappa shape index (κ1) is 14.5. The van der Waals surface area contributed by atoms with Crippen LogP contribution in [0.2, 0.25) is 0 Å². The summed E-state index contributed by atoms with van der Waals surface area (Å²) in [7, 11) is 0. The molecule has 1 aromatic rings. The summed E-state index contributed by atoms with van der Waals surface area (Å²) in [6.45, 7) is 2.97. The Morgan fingerprint density at radius 2 is 1.95 bits per heavy atom. The largest absolute Gasteiger partial charge is 0.326 e. The summed E-state index contributed by atoms with van der Waals surface area (Å²) >= 11 is 0. The second kappa shape index (κ2) is 6.47. The van der Waals surface area contributed by atoms with Crippen molar-refractivity contribution in [3.63, 3.8) is 0 Å². The first-order valence-corrected chi connectivity index (χ1v) is 6.65. The molecule has 0 aromatic heterocycles. The number of anilines is 2. The Balaban J connectivity index is 2.07. The number of hydrogen-bond donors (Lipinski definition) is 3. The lowest BCUT2D eigenvalue weighted by atomic mass is 9.97. The van der Waals surface area contributed by atoms with E-state index in [1.165, 1.54) is 25.1 Å². The third kappa shape index (κ3) is 3.77. The maximum atomic E-state index is 13.7. The molecule has 0 bridgehead atoms. The van der Waals surface area contributed by atoms with E-state index < -0.39 is 5.82 Å². The average Bonchev–Trinajstić information content (AvgIpc) is 2.43. The molecule has 2 rings (SSSR count). The molecule has 1 heterocycles. The summed E-state index contributed by atoms with van der Waals surface area (Å²) in [4.78, 5) is 23.0. The fraction of sp³-hybridized carbons (Fsp3) is 0.429. The number of carbonyl (C=O) groups excluding carboxylic acids is 2. The van der Waals surface area contributed by atoms with Crippen molar-refractivity contribution in [2.75, 3.05) is 23.7 Å².